The van der Waals surface area contributed by atoms with E-state index < -0.39 is 0 Å². The summed E-state index contributed by atoms with van der Waals surface area (Å²) in [6, 6.07) is 10.7. The molecule has 1 aromatic carbocycles. The Morgan fingerprint density at radius 3 is 2.48 bits per heavy atom. The van der Waals surface area contributed by atoms with Crippen molar-refractivity contribution >= 4 is 5.91 Å². The summed E-state index contributed by atoms with van der Waals surface area (Å²) in [6.45, 7) is 13.3. The topological polar surface area (TPSA) is 50.2 Å². The Morgan fingerprint density at radius 2 is 1.83 bits per heavy atom. The van der Waals surface area contributed by atoms with E-state index in [0.717, 1.165) is 25.2 Å². The predicted octanol–water partition coefficient (Wildman–Crippen LogP) is 4.08. The standard InChI is InChI=1S/C24H34N4O/c1-23(2,3)28-21(14-20(26-28)18-10-11-18)22(29)25-16-24(4,5)27-13-12-17-8-6-7-9-19(17)15-27/h6-9,14,18H,10-13,15-16H2,1-5H3,(H,25,29). The third-order valence-corrected chi connectivity index (χ3v) is 6.26. The van der Waals surface area contributed by atoms with Crippen molar-refractivity contribution in [2.24, 2.45) is 0 Å². The van der Waals surface area contributed by atoms with Crippen molar-refractivity contribution in [3.05, 3.63) is 52.8 Å². The summed E-state index contributed by atoms with van der Waals surface area (Å²) in [4.78, 5) is 15.6. The van der Waals surface area contributed by atoms with Crippen LogP contribution in [-0.4, -0.2) is 39.2 Å². The fourth-order valence-electron chi connectivity index (χ4n) is 4.16. The third kappa shape index (κ3) is 4.25. The van der Waals surface area contributed by atoms with Crippen LogP contribution in [0.4, 0.5) is 0 Å². The highest BCUT2D eigenvalue weighted by Gasteiger charge is 2.33. The van der Waals surface area contributed by atoms with Gasteiger partial charge in [-0.25, -0.2) is 0 Å². The van der Waals surface area contributed by atoms with Gasteiger partial charge in [0.05, 0.1) is 11.2 Å². The first kappa shape index (κ1) is 20.1. The highest BCUT2D eigenvalue weighted by Crippen LogP contribution is 2.40. The van der Waals surface area contributed by atoms with Crippen LogP contribution >= 0.6 is 0 Å². The summed E-state index contributed by atoms with van der Waals surface area (Å²) < 4.78 is 1.90. The van der Waals surface area contributed by atoms with E-state index in [2.05, 4.69) is 69.1 Å². The van der Waals surface area contributed by atoms with Crippen LogP contribution in [0, 0.1) is 0 Å². The predicted molar refractivity (Wildman–Crippen MR) is 116 cm³/mol. The zero-order valence-electron chi connectivity index (χ0n) is 18.5. The number of hydrogen-bond acceptors (Lipinski definition) is 3. The van der Waals surface area contributed by atoms with E-state index in [1.807, 2.05) is 10.7 Å². The first-order chi connectivity index (χ1) is 13.6. The maximum Gasteiger partial charge on any atom is 0.269 e. The fraction of sp³-hybridized carbons (Fsp3) is 0.583. The van der Waals surface area contributed by atoms with Crippen LogP contribution in [-0.2, 0) is 18.5 Å². The molecule has 1 fully saturated rings. The molecule has 29 heavy (non-hydrogen) atoms. The molecular formula is C24H34N4O. The van der Waals surface area contributed by atoms with Gasteiger partial charge in [0, 0.05) is 31.1 Å². The van der Waals surface area contributed by atoms with Gasteiger partial charge in [-0.05, 0) is 71.1 Å². The van der Waals surface area contributed by atoms with E-state index in [1.165, 1.54) is 24.0 Å². The number of hydrogen-bond donors (Lipinski definition) is 1. The van der Waals surface area contributed by atoms with Crippen molar-refractivity contribution in [1.82, 2.24) is 20.0 Å². The lowest BCUT2D eigenvalue weighted by atomic mass is 9.94. The minimum Gasteiger partial charge on any atom is -0.349 e. The Labute approximate surface area is 174 Å². The number of rotatable bonds is 5. The molecule has 5 nitrogen and oxygen atoms in total. The second kappa shape index (κ2) is 7.28. The number of nitrogens with zero attached hydrogens (tertiary/aromatic N) is 3. The van der Waals surface area contributed by atoms with E-state index in [4.69, 9.17) is 5.10 Å². The molecule has 0 unspecified atom stereocenters. The Kier molecular flexibility index (Phi) is 5.06. The number of benzene rings is 1. The van der Waals surface area contributed by atoms with Gasteiger partial charge >= 0.3 is 0 Å². The lowest BCUT2D eigenvalue weighted by Crippen LogP contribution is -2.53. The number of carbonyl (C=O) groups excluding carboxylic acids is 1. The van der Waals surface area contributed by atoms with Crippen molar-refractivity contribution < 1.29 is 4.79 Å². The summed E-state index contributed by atoms with van der Waals surface area (Å²) in [5.74, 6) is 0.514. The van der Waals surface area contributed by atoms with E-state index in [1.54, 1.807) is 0 Å². The second-order valence-corrected chi connectivity index (χ2v) is 10.2. The molecule has 1 aliphatic heterocycles. The Bertz CT molecular complexity index is 902. The van der Waals surface area contributed by atoms with Crippen molar-refractivity contribution in [3.8, 4) is 0 Å². The molecule has 4 rings (SSSR count). The summed E-state index contributed by atoms with van der Waals surface area (Å²) in [6.07, 6.45) is 3.44. The van der Waals surface area contributed by atoms with E-state index in [-0.39, 0.29) is 17.0 Å². The average molecular weight is 395 g/mol. The molecule has 2 aromatic rings. The maximum atomic E-state index is 13.1. The first-order valence-corrected chi connectivity index (χ1v) is 10.9. The van der Waals surface area contributed by atoms with Crippen LogP contribution in [0.25, 0.3) is 0 Å². The number of carbonyl (C=O) groups is 1. The van der Waals surface area contributed by atoms with Crippen LogP contribution in [0.2, 0.25) is 0 Å². The molecule has 2 aliphatic rings. The monoisotopic (exact) mass is 394 g/mol. The zero-order chi connectivity index (χ0) is 20.8. The molecule has 0 atom stereocenters. The van der Waals surface area contributed by atoms with E-state index >= 15 is 0 Å². The van der Waals surface area contributed by atoms with Gasteiger partial charge in [0.1, 0.15) is 5.69 Å². The number of fused-ring (bicyclic) bond motifs is 1. The van der Waals surface area contributed by atoms with Gasteiger partial charge in [0.25, 0.3) is 5.91 Å². The number of nitrogens with one attached hydrogen (secondary N) is 1. The van der Waals surface area contributed by atoms with Crippen molar-refractivity contribution in [1.29, 1.82) is 0 Å². The average Bonchev–Trinajstić information content (AvgIpc) is 3.42. The number of amides is 1. The van der Waals surface area contributed by atoms with Gasteiger partial charge in [-0.2, -0.15) is 5.10 Å². The molecule has 156 valence electrons. The molecule has 5 heteroatoms. The molecular weight excluding hydrogens is 360 g/mol. The molecule has 0 saturated heterocycles. The molecule has 0 radical (unpaired) electrons. The van der Waals surface area contributed by atoms with Gasteiger partial charge < -0.3 is 5.32 Å². The highest BCUT2D eigenvalue weighted by molar-refractivity contribution is 5.92. The molecule has 1 aromatic heterocycles. The van der Waals surface area contributed by atoms with Crippen LogP contribution in [0.5, 0.6) is 0 Å². The van der Waals surface area contributed by atoms with Gasteiger partial charge in [-0.3, -0.25) is 14.4 Å². The van der Waals surface area contributed by atoms with E-state index in [0.29, 0.717) is 18.2 Å². The van der Waals surface area contributed by atoms with Gasteiger partial charge in [0.15, 0.2) is 0 Å². The Morgan fingerprint density at radius 1 is 1.14 bits per heavy atom. The highest BCUT2D eigenvalue weighted by atomic mass is 16.2. The Balaban J connectivity index is 1.45. The molecule has 1 N–H and O–H groups in total. The molecule has 1 amide bonds. The number of aromatic nitrogens is 2. The summed E-state index contributed by atoms with van der Waals surface area (Å²) in [5, 5.41) is 7.97. The third-order valence-electron chi connectivity index (χ3n) is 6.26. The summed E-state index contributed by atoms with van der Waals surface area (Å²) in [5.41, 5.74) is 4.26. The lowest BCUT2D eigenvalue weighted by molar-refractivity contribution is 0.0812. The second-order valence-electron chi connectivity index (χ2n) is 10.2. The SMILES string of the molecule is CC(C)(CNC(=O)c1cc(C2CC2)nn1C(C)(C)C)N1CCc2ccccc2C1. The van der Waals surface area contributed by atoms with Crippen LogP contribution in [0.1, 0.15) is 80.7 Å². The molecule has 2 heterocycles. The minimum absolute atomic E-state index is 0.0233. The fourth-order valence-corrected chi connectivity index (χ4v) is 4.16. The van der Waals surface area contributed by atoms with Crippen LogP contribution in [0.3, 0.4) is 0 Å². The van der Waals surface area contributed by atoms with Crippen LogP contribution < -0.4 is 5.32 Å². The van der Waals surface area contributed by atoms with Gasteiger partial charge in [0.2, 0.25) is 0 Å². The van der Waals surface area contributed by atoms with E-state index in [9.17, 15) is 4.79 Å². The Hall–Kier alpha value is -2.14. The van der Waals surface area contributed by atoms with Gasteiger partial charge in [-0.1, -0.05) is 24.3 Å². The molecule has 1 aliphatic carbocycles. The van der Waals surface area contributed by atoms with Gasteiger partial charge in [-0.15, -0.1) is 0 Å². The summed E-state index contributed by atoms with van der Waals surface area (Å²) in [7, 11) is 0. The van der Waals surface area contributed by atoms with Crippen LogP contribution in [0.15, 0.2) is 30.3 Å². The van der Waals surface area contributed by atoms with Crippen molar-refractivity contribution in [2.45, 2.75) is 77.4 Å². The van der Waals surface area contributed by atoms with Crippen molar-refractivity contribution in [2.75, 3.05) is 13.1 Å². The lowest BCUT2D eigenvalue weighted by Gasteiger charge is -2.41. The first-order valence-electron chi connectivity index (χ1n) is 10.9. The maximum absolute atomic E-state index is 13.1. The quantitative estimate of drug-likeness (QED) is 0.831. The molecule has 0 bridgehead atoms. The smallest absolute Gasteiger partial charge is 0.269 e. The minimum atomic E-state index is -0.216. The molecule has 0 spiro atoms. The van der Waals surface area contributed by atoms with Crippen molar-refractivity contribution in [3.63, 3.8) is 0 Å². The zero-order valence-corrected chi connectivity index (χ0v) is 18.5. The molecule has 1 saturated carbocycles. The normalized spacial score (nSPS) is 17.8. The summed E-state index contributed by atoms with van der Waals surface area (Å²) >= 11 is 0. The largest absolute Gasteiger partial charge is 0.349 e.